The number of nitrogens with zero attached hydrogens (tertiary/aromatic N) is 2. The van der Waals surface area contributed by atoms with Crippen molar-refractivity contribution in [2.45, 2.75) is 6.42 Å². The zero-order chi connectivity index (χ0) is 11.4. The topological polar surface area (TPSA) is 48.7 Å². The first-order valence-electron chi connectivity index (χ1n) is 4.96. The molecule has 80 valence electrons. The molecule has 1 aromatic heterocycles. The quantitative estimate of drug-likeness (QED) is 0.826. The van der Waals surface area contributed by atoms with Crippen molar-refractivity contribution >= 4 is 28.2 Å². The molecule has 1 heterocycles. The summed E-state index contributed by atoms with van der Waals surface area (Å²) in [5, 5.41) is 13.4. The van der Waals surface area contributed by atoms with Crippen molar-refractivity contribution in [1.29, 1.82) is 5.26 Å². The van der Waals surface area contributed by atoms with Gasteiger partial charge in [0.15, 0.2) is 0 Å². The van der Waals surface area contributed by atoms with Crippen molar-refractivity contribution in [3.05, 3.63) is 35.5 Å². The molecule has 16 heavy (non-hydrogen) atoms. The van der Waals surface area contributed by atoms with E-state index in [-0.39, 0.29) is 0 Å². The van der Waals surface area contributed by atoms with Gasteiger partial charge in [0.05, 0.1) is 18.0 Å². The third kappa shape index (κ3) is 2.23. The average molecular weight is 232 g/mol. The maximum absolute atomic E-state index is 8.47. The molecule has 0 unspecified atom stereocenters. The maximum atomic E-state index is 8.47. The number of anilines is 1. The van der Waals surface area contributed by atoms with Crippen LogP contribution in [0, 0.1) is 11.3 Å². The summed E-state index contributed by atoms with van der Waals surface area (Å²) in [6.07, 6.45) is 2.21. The Morgan fingerprint density at radius 3 is 3.06 bits per heavy atom. The van der Waals surface area contributed by atoms with Crippen LogP contribution in [-0.4, -0.2) is 11.5 Å². The molecule has 2 rings (SSSR count). The van der Waals surface area contributed by atoms with Gasteiger partial charge in [0.25, 0.3) is 0 Å². The molecule has 0 aliphatic carbocycles. The Balaban J connectivity index is 2.35. The number of hydrogen-bond donors (Lipinski definition) is 1. The van der Waals surface area contributed by atoms with E-state index in [1.165, 1.54) is 0 Å². The lowest BCUT2D eigenvalue weighted by atomic mass is 10.2. The number of pyridine rings is 1. The second-order valence-corrected chi connectivity index (χ2v) is 3.79. The number of hydrogen-bond acceptors (Lipinski definition) is 3. The number of halogens is 1. The van der Waals surface area contributed by atoms with Gasteiger partial charge in [-0.25, -0.2) is 0 Å². The second kappa shape index (κ2) is 4.82. The summed E-state index contributed by atoms with van der Waals surface area (Å²) >= 11 is 5.89. The standard InChI is InChI=1S/C12H10ClN3/c13-9-2-3-10-11(15-6-1-5-14)4-7-16-12(10)8-9/h2-4,7-8H,1,6H2,(H,15,16). The van der Waals surface area contributed by atoms with Gasteiger partial charge in [0.1, 0.15) is 0 Å². The minimum Gasteiger partial charge on any atom is -0.383 e. The van der Waals surface area contributed by atoms with Gasteiger partial charge in [-0.15, -0.1) is 0 Å². The number of rotatable bonds is 3. The zero-order valence-electron chi connectivity index (χ0n) is 8.57. The van der Waals surface area contributed by atoms with Crippen LogP contribution in [0.1, 0.15) is 6.42 Å². The highest BCUT2D eigenvalue weighted by Crippen LogP contribution is 2.24. The van der Waals surface area contributed by atoms with E-state index in [1.807, 2.05) is 24.3 Å². The Morgan fingerprint density at radius 2 is 2.25 bits per heavy atom. The predicted molar refractivity (Wildman–Crippen MR) is 65.5 cm³/mol. The average Bonchev–Trinajstić information content (AvgIpc) is 2.29. The van der Waals surface area contributed by atoms with Crippen LogP contribution in [0.25, 0.3) is 10.9 Å². The van der Waals surface area contributed by atoms with Crippen molar-refractivity contribution in [1.82, 2.24) is 4.98 Å². The molecule has 0 saturated carbocycles. The molecule has 0 spiro atoms. The highest BCUT2D eigenvalue weighted by Gasteiger charge is 2.01. The molecule has 1 N–H and O–H groups in total. The molecule has 0 atom stereocenters. The van der Waals surface area contributed by atoms with Crippen LogP contribution in [-0.2, 0) is 0 Å². The number of benzene rings is 1. The van der Waals surface area contributed by atoms with Crippen molar-refractivity contribution in [2.24, 2.45) is 0 Å². The van der Waals surface area contributed by atoms with Crippen molar-refractivity contribution < 1.29 is 0 Å². The molecule has 2 aromatic rings. The van der Waals surface area contributed by atoms with E-state index in [1.54, 1.807) is 6.20 Å². The van der Waals surface area contributed by atoms with E-state index in [0.717, 1.165) is 16.6 Å². The molecule has 0 fully saturated rings. The molecule has 0 aliphatic rings. The highest BCUT2D eigenvalue weighted by atomic mass is 35.5. The van der Waals surface area contributed by atoms with Gasteiger partial charge in [-0.05, 0) is 24.3 Å². The van der Waals surface area contributed by atoms with Crippen LogP contribution in [0.3, 0.4) is 0 Å². The largest absolute Gasteiger partial charge is 0.383 e. The van der Waals surface area contributed by atoms with E-state index in [9.17, 15) is 0 Å². The molecule has 0 bridgehead atoms. The van der Waals surface area contributed by atoms with Gasteiger partial charge >= 0.3 is 0 Å². The van der Waals surface area contributed by atoms with E-state index < -0.39 is 0 Å². The maximum Gasteiger partial charge on any atom is 0.0737 e. The van der Waals surface area contributed by atoms with Gasteiger partial charge in [-0.2, -0.15) is 5.26 Å². The van der Waals surface area contributed by atoms with Gasteiger partial charge in [-0.1, -0.05) is 11.6 Å². The zero-order valence-corrected chi connectivity index (χ0v) is 9.33. The van der Waals surface area contributed by atoms with Crippen LogP contribution >= 0.6 is 11.6 Å². The number of fused-ring (bicyclic) bond motifs is 1. The van der Waals surface area contributed by atoms with Gasteiger partial charge in [0.2, 0.25) is 0 Å². The Bertz CT molecular complexity index is 545. The van der Waals surface area contributed by atoms with E-state index in [2.05, 4.69) is 16.4 Å². The van der Waals surface area contributed by atoms with Crippen molar-refractivity contribution in [2.75, 3.05) is 11.9 Å². The summed E-state index contributed by atoms with van der Waals surface area (Å²) in [7, 11) is 0. The Hall–Kier alpha value is -1.79. The highest BCUT2D eigenvalue weighted by molar-refractivity contribution is 6.31. The summed E-state index contributed by atoms with van der Waals surface area (Å²) in [6, 6.07) is 9.58. The van der Waals surface area contributed by atoms with Crippen LogP contribution in [0.2, 0.25) is 5.02 Å². The van der Waals surface area contributed by atoms with E-state index in [0.29, 0.717) is 18.0 Å². The predicted octanol–water partition coefficient (Wildman–Crippen LogP) is 3.21. The van der Waals surface area contributed by atoms with Gasteiger partial charge in [0, 0.05) is 28.8 Å². The van der Waals surface area contributed by atoms with E-state index >= 15 is 0 Å². The molecule has 3 nitrogen and oxygen atoms in total. The Morgan fingerprint density at radius 1 is 1.38 bits per heavy atom. The van der Waals surface area contributed by atoms with Gasteiger partial charge in [-0.3, -0.25) is 4.98 Å². The summed E-state index contributed by atoms with van der Waals surface area (Å²) in [5.74, 6) is 0. The smallest absolute Gasteiger partial charge is 0.0737 e. The molecular weight excluding hydrogens is 222 g/mol. The molecule has 4 heteroatoms. The van der Waals surface area contributed by atoms with Gasteiger partial charge < -0.3 is 5.32 Å². The summed E-state index contributed by atoms with van der Waals surface area (Å²) in [4.78, 5) is 4.24. The fourth-order valence-corrected chi connectivity index (χ4v) is 1.69. The monoisotopic (exact) mass is 231 g/mol. The van der Waals surface area contributed by atoms with Crippen LogP contribution < -0.4 is 5.32 Å². The number of nitrogens with one attached hydrogen (secondary N) is 1. The third-order valence-corrected chi connectivity index (χ3v) is 2.49. The molecular formula is C12H10ClN3. The lowest BCUT2D eigenvalue weighted by molar-refractivity contribution is 1.08. The first-order chi connectivity index (χ1) is 7.81. The first-order valence-corrected chi connectivity index (χ1v) is 5.34. The minimum atomic E-state index is 0.484. The Labute approximate surface area is 98.7 Å². The number of aromatic nitrogens is 1. The van der Waals surface area contributed by atoms with E-state index in [4.69, 9.17) is 16.9 Å². The normalized spacial score (nSPS) is 10.0. The van der Waals surface area contributed by atoms with Crippen molar-refractivity contribution in [3.8, 4) is 6.07 Å². The molecule has 0 amide bonds. The summed E-state index contributed by atoms with van der Waals surface area (Å²) in [5.41, 5.74) is 1.84. The fourth-order valence-electron chi connectivity index (χ4n) is 1.53. The summed E-state index contributed by atoms with van der Waals surface area (Å²) in [6.45, 7) is 0.637. The van der Waals surface area contributed by atoms with Crippen LogP contribution in [0.5, 0.6) is 0 Å². The lowest BCUT2D eigenvalue weighted by Gasteiger charge is -2.07. The number of nitriles is 1. The second-order valence-electron chi connectivity index (χ2n) is 3.35. The third-order valence-electron chi connectivity index (χ3n) is 2.26. The van der Waals surface area contributed by atoms with Crippen molar-refractivity contribution in [3.63, 3.8) is 0 Å². The van der Waals surface area contributed by atoms with Crippen LogP contribution in [0.15, 0.2) is 30.5 Å². The Kier molecular flexibility index (Phi) is 3.23. The first kappa shape index (κ1) is 10.7. The molecule has 1 aromatic carbocycles. The molecule has 0 radical (unpaired) electrons. The molecule has 0 saturated heterocycles. The lowest BCUT2D eigenvalue weighted by Crippen LogP contribution is -2.01. The van der Waals surface area contributed by atoms with Crippen LogP contribution in [0.4, 0.5) is 5.69 Å². The molecule has 0 aliphatic heterocycles. The minimum absolute atomic E-state index is 0.484. The summed E-state index contributed by atoms with van der Waals surface area (Å²) < 4.78 is 0. The SMILES string of the molecule is N#CCCNc1ccnc2cc(Cl)ccc12. The fraction of sp³-hybridized carbons (Fsp3) is 0.167.